The molecule has 1 aromatic rings. The minimum absolute atomic E-state index is 0.165. The Kier molecular flexibility index (Phi) is 6.29. The fraction of sp³-hybridized carbons (Fsp3) is 0.385. The molecule has 0 aliphatic rings. The zero-order chi connectivity index (χ0) is 15.3. The van der Waals surface area contributed by atoms with Crippen molar-refractivity contribution in [1.29, 1.82) is 0 Å². The fourth-order valence-electron chi connectivity index (χ4n) is 1.59. The molecule has 1 atom stereocenters. The van der Waals surface area contributed by atoms with E-state index in [0.717, 1.165) is 0 Å². The molecule has 0 spiro atoms. The molecule has 0 fully saturated rings. The topological polar surface area (TPSA) is 78.4 Å². The van der Waals surface area contributed by atoms with Crippen LogP contribution in [0, 0.1) is 5.92 Å². The SMILES string of the molecule is CC(C)CC(NC(=O)Nc1ccc(Br)c(Cl)c1)C(=O)O. The molecule has 1 rings (SSSR count). The van der Waals surface area contributed by atoms with E-state index in [-0.39, 0.29) is 5.92 Å². The van der Waals surface area contributed by atoms with Crippen LogP contribution >= 0.6 is 27.5 Å². The third-order valence-corrected chi connectivity index (χ3v) is 3.72. The molecule has 2 amide bonds. The molecule has 5 nitrogen and oxygen atoms in total. The average Bonchev–Trinajstić information content (AvgIpc) is 2.32. The van der Waals surface area contributed by atoms with Gasteiger partial charge >= 0.3 is 12.0 Å². The molecule has 0 heterocycles. The van der Waals surface area contributed by atoms with Crippen LogP contribution in [0.1, 0.15) is 20.3 Å². The number of carboxylic acid groups (broad SMARTS) is 1. The molecule has 20 heavy (non-hydrogen) atoms. The van der Waals surface area contributed by atoms with E-state index < -0.39 is 18.0 Å². The number of benzene rings is 1. The molecule has 0 saturated carbocycles. The van der Waals surface area contributed by atoms with Gasteiger partial charge < -0.3 is 15.7 Å². The molecule has 0 aliphatic carbocycles. The highest BCUT2D eigenvalue weighted by atomic mass is 79.9. The first-order valence-electron chi connectivity index (χ1n) is 6.05. The van der Waals surface area contributed by atoms with Gasteiger partial charge in [-0.25, -0.2) is 9.59 Å². The molecule has 0 saturated heterocycles. The quantitative estimate of drug-likeness (QED) is 0.746. The number of carbonyl (C=O) groups excluding carboxylic acids is 1. The van der Waals surface area contributed by atoms with E-state index in [2.05, 4.69) is 26.6 Å². The number of carboxylic acids is 1. The lowest BCUT2D eigenvalue weighted by atomic mass is 10.0. The monoisotopic (exact) mass is 362 g/mol. The number of nitrogens with one attached hydrogen (secondary N) is 2. The Balaban J connectivity index is 2.65. The van der Waals surface area contributed by atoms with Crippen LogP contribution in [0.25, 0.3) is 0 Å². The van der Waals surface area contributed by atoms with Crippen molar-refractivity contribution in [3.05, 3.63) is 27.7 Å². The predicted molar refractivity (Wildman–Crippen MR) is 82.2 cm³/mol. The first kappa shape index (κ1) is 16.8. The maximum atomic E-state index is 11.8. The van der Waals surface area contributed by atoms with Gasteiger partial charge in [0.2, 0.25) is 0 Å². The number of rotatable bonds is 5. The lowest BCUT2D eigenvalue weighted by molar-refractivity contribution is -0.139. The summed E-state index contributed by atoms with van der Waals surface area (Å²) in [6.07, 6.45) is 0.365. The van der Waals surface area contributed by atoms with Gasteiger partial charge in [-0.2, -0.15) is 0 Å². The molecular formula is C13H16BrClN2O3. The Morgan fingerprint density at radius 2 is 2.05 bits per heavy atom. The Bertz CT molecular complexity index is 508. The zero-order valence-corrected chi connectivity index (χ0v) is 13.5. The van der Waals surface area contributed by atoms with Crippen molar-refractivity contribution in [3.8, 4) is 0 Å². The molecular weight excluding hydrogens is 348 g/mol. The highest BCUT2D eigenvalue weighted by Gasteiger charge is 2.21. The molecule has 1 aromatic carbocycles. The lowest BCUT2D eigenvalue weighted by Gasteiger charge is -2.17. The van der Waals surface area contributed by atoms with Crippen molar-refractivity contribution >= 4 is 45.2 Å². The second-order valence-electron chi connectivity index (χ2n) is 4.75. The summed E-state index contributed by atoms with van der Waals surface area (Å²) < 4.78 is 0.716. The minimum atomic E-state index is -1.05. The summed E-state index contributed by atoms with van der Waals surface area (Å²) in [5.41, 5.74) is 0.490. The molecule has 0 aromatic heterocycles. The summed E-state index contributed by atoms with van der Waals surface area (Å²) >= 11 is 9.15. The molecule has 1 unspecified atom stereocenters. The van der Waals surface area contributed by atoms with Crippen LogP contribution in [-0.2, 0) is 4.79 Å². The lowest BCUT2D eigenvalue weighted by Crippen LogP contribution is -2.43. The van der Waals surface area contributed by atoms with E-state index in [9.17, 15) is 9.59 Å². The van der Waals surface area contributed by atoms with E-state index >= 15 is 0 Å². The van der Waals surface area contributed by atoms with Gasteiger partial charge in [0.05, 0.1) is 5.02 Å². The number of hydrogen-bond donors (Lipinski definition) is 3. The largest absolute Gasteiger partial charge is 0.480 e. The molecule has 0 radical (unpaired) electrons. The molecule has 110 valence electrons. The number of urea groups is 1. The first-order chi connectivity index (χ1) is 9.29. The second-order valence-corrected chi connectivity index (χ2v) is 6.01. The Morgan fingerprint density at radius 1 is 1.40 bits per heavy atom. The standard InChI is InChI=1S/C13H16BrClN2O3/c1-7(2)5-11(12(18)19)17-13(20)16-8-3-4-9(14)10(15)6-8/h3-4,6-7,11H,5H2,1-2H3,(H,18,19)(H2,16,17,20). The van der Waals surface area contributed by atoms with Crippen LogP contribution in [0.4, 0.5) is 10.5 Å². The number of amides is 2. The summed E-state index contributed by atoms with van der Waals surface area (Å²) in [6.45, 7) is 3.79. The van der Waals surface area contributed by atoms with Gasteiger partial charge in [0.25, 0.3) is 0 Å². The normalized spacial score (nSPS) is 12.1. The van der Waals surface area contributed by atoms with E-state index in [4.69, 9.17) is 16.7 Å². The van der Waals surface area contributed by atoms with Gasteiger partial charge in [-0.05, 0) is 46.5 Å². The Hall–Kier alpha value is -1.27. The number of halogens is 2. The van der Waals surface area contributed by atoms with Gasteiger partial charge in [0, 0.05) is 10.2 Å². The van der Waals surface area contributed by atoms with Crippen LogP contribution in [0.2, 0.25) is 5.02 Å². The highest BCUT2D eigenvalue weighted by molar-refractivity contribution is 9.10. The predicted octanol–water partition coefficient (Wildman–Crippen LogP) is 3.72. The Labute approximate surface area is 130 Å². The van der Waals surface area contributed by atoms with E-state index in [0.29, 0.717) is 21.6 Å². The highest BCUT2D eigenvalue weighted by Crippen LogP contribution is 2.25. The maximum absolute atomic E-state index is 11.8. The van der Waals surface area contributed by atoms with Gasteiger partial charge in [0.1, 0.15) is 6.04 Å². The maximum Gasteiger partial charge on any atom is 0.326 e. The minimum Gasteiger partial charge on any atom is -0.480 e. The first-order valence-corrected chi connectivity index (χ1v) is 7.22. The van der Waals surface area contributed by atoms with Crippen molar-refractivity contribution in [3.63, 3.8) is 0 Å². The summed E-state index contributed by atoms with van der Waals surface area (Å²) in [6, 6.07) is 3.44. The van der Waals surface area contributed by atoms with Crippen molar-refractivity contribution in [2.24, 2.45) is 5.92 Å². The average molecular weight is 364 g/mol. The fourth-order valence-corrected chi connectivity index (χ4v) is 2.02. The van der Waals surface area contributed by atoms with Crippen LogP contribution in [0.15, 0.2) is 22.7 Å². The van der Waals surface area contributed by atoms with Gasteiger partial charge in [0.15, 0.2) is 0 Å². The third kappa shape index (κ3) is 5.38. The van der Waals surface area contributed by atoms with E-state index in [1.165, 1.54) is 0 Å². The number of carbonyl (C=O) groups is 2. The summed E-state index contributed by atoms with van der Waals surface area (Å²) in [5, 5.41) is 14.5. The molecule has 3 N–H and O–H groups in total. The number of hydrogen-bond acceptors (Lipinski definition) is 2. The van der Waals surface area contributed by atoms with Crippen molar-refractivity contribution in [1.82, 2.24) is 5.32 Å². The summed E-state index contributed by atoms with van der Waals surface area (Å²) in [7, 11) is 0. The van der Waals surface area contributed by atoms with Crippen molar-refractivity contribution in [2.75, 3.05) is 5.32 Å². The number of anilines is 1. The third-order valence-electron chi connectivity index (χ3n) is 2.49. The van der Waals surface area contributed by atoms with Crippen molar-refractivity contribution < 1.29 is 14.7 Å². The van der Waals surface area contributed by atoms with Gasteiger partial charge in [-0.3, -0.25) is 0 Å². The second kappa shape index (κ2) is 7.50. The number of aliphatic carboxylic acids is 1. The van der Waals surface area contributed by atoms with E-state index in [1.54, 1.807) is 18.2 Å². The molecule has 7 heteroatoms. The van der Waals surface area contributed by atoms with Gasteiger partial charge in [-0.1, -0.05) is 25.4 Å². The molecule has 0 bridgehead atoms. The van der Waals surface area contributed by atoms with Crippen LogP contribution in [0.3, 0.4) is 0 Å². The molecule has 0 aliphatic heterocycles. The summed E-state index contributed by atoms with van der Waals surface area (Å²) in [4.78, 5) is 22.8. The van der Waals surface area contributed by atoms with Crippen LogP contribution in [0.5, 0.6) is 0 Å². The smallest absolute Gasteiger partial charge is 0.326 e. The van der Waals surface area contributed by atoms with E-state index in [1.807, 2.05) is 13.8 Å². The van der Waals surface area contributed by atoms with Crippen LogP contribution < -0.4 is 10.6 Å². The van der Waals surface area contributed by atoms with Crippen LogP contribution in [-0.4, -0.2) is 23.1 Å². The van der Waals surface area contributed by atoms with Gasteiger partial charge in [-0.15, -0.1) is 0 Å². The van der Waals surface area contributed by atoms with Crippen molar-refractivity contribution in [2.45, 2.75) is 26.3 Å². The summed E-state index contributed by atoms with van der Waals surface area (Å²) in [5.74, 6) is -0.888. The zero-order valence-electron chi connectivity index (χ0n) is 11.1. The Morgan fingerprint density at radius 3 is 2.55 bits per heavy atom.